The largest absolute Gasteiger partial charge is 0.454 e. The standard InChI is InChI=1S/C24H26N2O3S/c1-2-4-17-6-9-19(10-7-17)24(22-5-3-12-30-22)26-15-23(27)25-14-18-8-11-20-21(13-18)29-16-28-20/h3,5-13,24,26H,2,4,14-16H2,1H3,(H,25,27)/p+1/t24-/m0/s1. The van der Waals surface area contributed by atoms with Crippen LogP contribution in [0.3, 0.4) is 0 Å². The summed E-state index contributed by atoms with van der Waals surface area (Å²) in [5, 5.41) is 7.20. The van der Waals surface area contributed by atoms with Gasteiger partial charge in [-0.1, -0.05) is 49.7 Å². The zero-order valence-electron chi connectivity index (χ0n) is 17.1. The number of fused-ring (bicyclic) bond motifs is 1. The first-order valence-corrected chi connectivity index (χ1v) is 11.2. The van der Waals surface area contributed by atoms with E-state index in [2.05, 4.69) is 59.3 Å². The first-order chi connectivity index (χ1) is 14.7. The Labute approximate surface area is 181 Å². The van der Waals surface area contributed by atoms with Crippen molar-refractivity contribution in [2.24, 2.45) is 0 Å². The second-order valence-electron chi connectivity index (χ2n) is 7.39. The van der Waals surface area contributed by atoms with Gasteiger partial charge in [-0.25, -0.2) is 0 Å². The summed E-state index contributed by atoms with van der Waals surface area (Å²) in [4.78, 5) is 13.8. The second kappa shape index (κ2) is 9.78. The fraction of sp³-hybridized carbons (Fsp3) is 0.292. The van der Waals surface area contributed by atoms with Crippen molar-refractivity contribution in [3.8, 4) is 11.5 Å². The monoisotopic (exact) mass is 423 g/mol. The van der Waals surface area contributed by atoms with E-state index in [1.54, 1.807) is 11.3 Å². The van der Waals surface area contributed by atoms with Gasteiger partial charge in [0.05, 0.1) is 4.88 Å². The molecule has 0 radical (unpaired) electrons. The maximum Gasteiger partial charge on any atom is 0.275 e. The lowest BCUT2D eigenvalue weighted by Gasteiger charge is -2.15. The molecule has 3 aromatic rings. The van der Waals surface area contributed by atoms with Crippen molar-refractivity contribution in [1.82, 2.24) is 5.32 Å². The van der Waals surface area contributed by atoms with E-state index >= 15 is 0 Å². The minimum absolute atomic E-state index is 0.0110. The van der Waals surface area contributed by atoms with E-state index < -0.39 is 0 Å². The zero-order valence-corrected chi connectivity index (χ0v) is 17.9. The fourth-order valence-corrected chi connectivity index (χ4v) is 4.46. The molecule has 0 fully saturated rings. The van der Waals surface area contributed by atoms with Crippen molar-refractivity contribution in [2.45, 2.75) is 32.4 Å². The fourth-order valence-electron chi connectivity index (χ4n) is 3.61. The predicted molar refractivity (Wildman–Crippen MR) is 118 cm³/mol. The number of carbonyl (C=O) groups excluding carboxylic acids is 1. The van der Waals surface area contributed by atoms with Gasteiger partial charge in [-0.2, -0.15) is 0 Å². The number of nitrogens with one attached hydrogen (secondary N) is 1. The molecule has 0 saturated carbocycles. The molecule has 0 saturated heterocycles. The summed E-state index contributed by atoms with van der Waals surface area (Å²) in [6.07, 6.45) is 2.24. The van der Waals surface area contributed by atoms with Gasteiger partial charge >= 0.3 is 0 Å². The summed E-state index contributed by atoms with van der Waals surface area (Å²) >= 11 is 1.72. The van der Waals surface area contributed by atoms with Gasteiger partial charge in [-0.15, -0.1) is 11.3 Å². The first kappa shape index (κ1) is 20.4. The van der Waals surface area contributed by atoms with Gasteiger partial charge in [0.2, 0.25) is 6.79 Å². The minimum Gasteiger partial charge on any atom is -0.454 e. The number of amides is 1. The van der Waals surface area contributed by atoms with E-state index in [1.807, 2.05) is 18.2 Å². The minimum atomic E-state index is 0.0110. The molecule has 1 atom stereocenters. The molecule has 156 valence electrons. The molecular weight excluding hydrogens is 396 g/mol. The van der Waals surface area contributed by atoms with Crippen molar-refractivity contribution >= 4 is 17.2 Å². The highest BCUT2D eigenvalue weighted by Crippen LogP contribution is 2.32. The van der Waals surface area contributed by atoms with Crippen LogP contribution in [0.4, 0.5) is 0 Å². The molecule has 0 aliphatic carbocycles. The summed E-state index contributed by atoms with van der Waals surface area (Å²) in [5.74, 6) is 1.50. The third-order valence-corrected chi connectivity index (χ3v) is 6.15. The Morgan fingerprint density at radius 3 is 2.67 bits per heavy atom. The number of benzene rings is 2. The molecule has 1 aliphatic heterocycles. The summed E-state index contributed by atoms with van der Waals surface area (Å²) in [6.45, 7) is 3.28. The van der Waals surface area contributed by atoms with Crippen molar-refractivity contribution in [1.29, 1.82) is 0 Å². The van der Waals surface area contributed by atoms with E-state index in [0.717, 1.165) is 29.9 Å². The summed E-state index contributed by atoms with van der Waals surface area (Å²) in [5.41, 5.74) is 3.57. The average molecular weight is 424 g/mol. The molecule has 6 heteroatoms. The Morgan fingerprint density at radius 2 is 1.90 bits per heavy atom. The van der Waals surface area contributed by atoms with Crippen LogP contribution in [0.15, 0.2) is 60.0 Å². The van der Waals surface area contributed by atoms with Crippen LogP contribution in [-0.2, 0) is 17.8 Å². The Bertz CT molecular complexity index is 971. The Balaban J connectivity index is 1.35. The van der Waals surface area contributed by atoms with Crippen molar-refractivity contribution in [3.63, 3.8) is 0 Å². The van der Waals surface area contributed by atoms with Gasteiger partial charge in [0.15, 0.2) is 18.0 Å². The third kappa shape index (κ3) is 5.01. The number of hydrogen-bond donors (Lipinski definition) is 2. The van der Waals surface area contributed by atoms with Gasteiger partial charge in [0, 0.05) is 12.1 Å². The smallest absolute Gasteiger partial charge is 0.275 e. The molecule has 30 heavy (non-hydrogen) atoms. The number of rotatable bonds is 9. The van der Waals surface area contributed by atoms with Crippen molar-refractivity contribution in [3.05, 3.63) is 81.5 Å². The molecule has 1 amide bonds. The second-order valence-corrected chi connectivity index (χ2v) is 8.37. The van der Waals surface area contributed by atoms with Gasteiger partial charge < -0.3 is 20.1 Å². The van der Waals surface area contributed by atoms with Crippen LogP contribution >= 0.6 is 11.3 Å². The topological polar surface area (TPSA) is 64.2 Å². The Hall–Kier alpha value is -2.83. The molecule has 4 rings (SSSR count). The lowest BCUT2D eigenvalue weighted by atomic mass is 10.0. The van der Waals surface area contributed by atoms with Crippen LogP contribution in [0.2, 0.25) is 0 Å². The molecule has 2 heterocycles. The predicted octanol–water partition coefficient (Wildman–Crippen LogP) is 3.40. The molecule has 3 N–H and O–H groups in total. The number of quaternary nitrogens is 1. The van der Waals surface area contributed by atoms with E-state index in [0.29, 0.717) is 13.1 Å². The molecule has 0 unspecified atom stereocenters. The lowest BCUT2D eigenvalue weighted by Crippen LogP contribution is -2.87. The quantitative estimate of drug-likeness (QED) is 0.554. The average Bonchev–Trinajstić information content (AvgIpc) is 3.45. The van der Waals surface area contributed by atoms with Gasteiger partial charge in [-0.3, -0.25) is 4.79 Å². The van der Waals surface area contributed by atoms with E-state index in [1.165, 1.54) is 16.0 Å². The maximum absolute atomic E-state index is 12.5. The summed E-state index contributed by atoms with van der Waals surface area (Å²) < 4.78 is 10.7. The van der Waals surface area contributed by atoms with Gasteiger partial charge in [0.1, 0.15) is 6.04 Å². The number of nitrogens with two attached hydrogens (primary N) is 1. The van der Waals surface area contributed by atoms with Crippen LogP contribution in [0.25, 0.3) is 0 Å². The maximum atomic E-state index is 12.5. The number of carbonyl (C=O) groups is 1. The van der Waals surface area contributed by atoms with Crippen molar-refractivity contribution < 1.29 is 19.6 Å². The molecule has 1 aromatic heterocycles. The highest BCUT2D eigenvalue weighted by Gasteiger charge is 2.20. The van der Waals surface area contributed by atoms with Crippen LogP contribution in [0.1, 0.15) is 41.0 Å². The molecule has 0 bridgehead atoms. The van der Waals surface area contributed by atoms with Crippen LogP contribution in [-0.4, -0.2) is 19.2 Å². The zero-order chi connectivity index (χ0) is 20.8. The Kier molecular flexibility index (Phi) is 6.67. The van der Waals surface area contributed by atoms with Crippen LogP contribution in [0, 0.1) is 0 Å². The Morgan fingerprint density at radius 1 is 1.10 bits per heavy atom. The summed E-state index contributed by atoms with van der Waals surface area (Å²) in [7, 11) is 0. The normalized spacial score (nSPS) is 13.2. The highest BCUT2D eigenvalue weighted by atomic mass is 32.1. The van der Waals surface area contributed by atoms with Crippen LogP contribution in [0.5, 0.6) is 11.5 Å². The van der Waals surface area contributed by atoms with E-state index in [4.69, 9.17) is 9.47 Å². The lowest BCUT2D eigenvalue weighted by molar-refractivity contribution is -0.676. The van der Waals surface area contributed by atoms with Crippen molar-refractivity contribution in [2.75, 3.05) is 13.3 Å². The van der Waals surface area contributed by atoms with Gasteiger partial charge in [0.25, 0.3) is 5.91 Å². The number of aryl methyl sites for hydroxylation is 1. The molecule has 0 spiro atoms. The summed E-state index contributed by atoms with van der Waals surface area (Å²) in [6, 6.07) is 18.8. The molecule has 1 aliphatic rings. The van der Waals surface area contributed by atoms with Crippen LogP contribution < -0.4 is 20.1 Å². The third-order valence-electron chi connectivity index (χ3n) is 5.19. The highest BCUT2D eigenvalue weighted by molar-refractivity contribution is 7.10. The molecule has 2 aromatic carbocycles. The van der Waals surface area contributed by atoms with E-state index in [9.17, 15) is 4.79 Å². The van der Waals surface area contributed by atoms with Gasteiger partial charge in [-0.05, 0) is 41.1 Å². The SMILES string of the molecule is CCCc1ccc([C@H]([NH2+]CC(=O)NCc2ccc3c(c2)OCO3)c2cccs2)cc1. The number of thiophene rings is 1. The molecule has 5 nitrogen and oxygen atoms in total. The first-order valence-electron chi connectivity index (χ1n) is 10.3. The van der Waals surface area contributed by atoms with E-state index in [-0.39, 0.29) is 18.7 Å². The molecular formula is C24H27N2O3S+. The number of ether oxygens (including phenoxy) is 2. The number of hydrogen-bond acceptors (Lipinski definition) is 4.